The van der Waals surface area contributed by atoms with Crippen LogP contribution in [0, 0.1) is 5.82 Å². The summed E-state index contributed by atoms with van der Waals surface area (Å²) in [5, 5.41) is 17.5. The van der Waals surface area contributed by atoms with Gasteiger partial charge in [-0.15, -0.1) is 5.10 Å². The quantitative estimate of drug-likeness (QED) is 0.910. The molecule has 3 rings (SSSR count). The number of hydrogen-bond donors (Lipinski definition) is 1. The minimum absolute atomic E-state index is 0.199. The van der Waals surface area contributed by atoms with Gasteiger partial charge in [0.15, 0.2) is 0 Å². The summed E-state index contributed by atoms with van der Waals surface area (Å²) in [5.41, 5.74) is 1.89. The van der Waals surface area contributed by atoms with Gasteiger partial charge in [0.25, 0.3) is 0 Å². The van der Waals surface area contributed by atoms with E-state index in [-0.39, 0.29) is 12.4 Å². The second-order valence-electron chi connectivity index (χ2n) is 5.33. The molecule has 5 nitrogen and oxygen atoms in total. The highest BCUT2D eigenvalue weighted by molar-refractivity contribution is 5.61. The summed E-state index contributed by atoms with van der Waals surface area (Å²) in [5.74, 6) is -0.302. The Balaban J connectivity index is 1.85. The molecule has 0 spiro atoms. The highest BCUT2D eigenvalue weighted by Gasteiger charge is 2.17. The molecule has 0 aliphatic carbocycles. The number of aromatic nitrogens is 3. The van der Waals surface area contributed by atoms with E-state index in [1.807, 2.05) is 6.07 Å². The summed E-state index contributed by atoms with van der Waals surface area (Å²) in [6, 6.07) is 6.32. The molecule has 6 heteroatoms. The Kier molecular flexibility index (Phi) is 4.26. The molecule has 1 N–H and O–H groups in total. The molecule has 2 heterocycles. The average molecular weight is 290 g/mol. The van der Waals surface area contributed by atoms with Crippen molar-refractivity contribution in [3.63, 3.8) is 0 Å². The van der Waals surface area contributed by atoms with E-state index in [9.17, 15) is 9.50 Å². The molecule has 1 aromatic heterocycles. The molecular formula is C15H19FN4O. The predicted octanol–water partition coefficient (Wildman–Crippen LogP) is 1.67. The molecule has 1 aliphatic rings. The van der Waals surface area contributed by atoms with Gasteiger partial charge in [-0.2, -0.15) is 0 Å². The maximum Gasteiger partial charge on any atom is 0.123 e. The molecule has 0 atom stereocenters. The van der Waals surface area contributed by atoms with Crippen LogP contribution in [0.15, 0.2) is 24.3 Å². The Hall–Kier alpha value is -1.79. The van der Waals surface area contributed by atoms with Gasteiger partial charge >= 0.3 is 0 Å². The first kappa shape index (κ1) is 14.2. The van der Waals surface area contributed by atoms with Crippen molar-refractivity contribution in [3.05, 3.63) is 35.8 Å². The lowest BCUT2D eigenvalue weighted by Gasteiger charge is -2.15. The number of likely N-dealkylation sites (tertiary alicyclic amines) is 1. The van der Waals surface area contributed by atoms with Crippen LogP contribution in [0.25, 0.3) is 11.3 Å². The number of aliphatic hydroxyl groups excluding tert-OH is 1. The molecular weight excluding hydrogens is 271 g/mol. The van der Waals surface area contributed by atoms with Crippen molar-refractivity contribution in [2.24, 2.45) is 0 Å². The topological polar surface area (TPSA) is 54.2 Å². The zero-order valence-corrected chi connectivity index (χ0v) is 11.9. The van der Waals surface area contributed by atoms with Crippen molar-refractivity contribution in [3.8, 4) is 11.3 Å². The molecule has 0 bridgehead atoms. The van der Waals surface area contributed by atoms with Crippen molar-refractivity contribution < 1.29 is 9.50 Å². The maximum atomic E-state index is 13.4. The monoisotopic (exact) mass is 290 g/mol. The van der Waals surface area contributed by atoms with Crippen LogP contribution in [0.5, 0.6) is 0 Å². The zero-order chi connectivity index (χ0) is 14.7. The highest BCUT2D eigenvalue weighted by Crippen LogP contribution is 2.23. The number of aliphatic hydroxyl groups is 1. The van der Waals surface area contributed by atoms with E-state index in [1.54, 1.807) is 10.7 Å². The number of nitrogens with zero attached hydrogens (tertiary/aromatic N) is 4. The fourth-order valence-corrected chi connectivity index (χ4v) is 2.81. The largest absolute Gasteiger partial charge is 0.390 e. The van der Waals surface area contributed by atoms with Crippen LogP contribution in [0.3, 0.4) is 0 Å². The average Bonchev–Trinajstić information content (AvgIpc) is 3.14. The molecule has 1 aromatic carbocycles. The molecule has 1 saturated heterocycles. The maximum absolute atomic E-state index is 13.4. The van der Waals surface area contributed by atoms with E-state index in [1.165, 1.54) is 25.0 Å². The van der Waals surface area contributed by atoms with Gasteiger partial charge in [0.05, 0.1) is 18.8 Å². The normalized spacial score (nSPS) is 15.7. The summed E-state index contributed by atoms with van der Waals surface area (Å²) < 4.78 is 15.2. The van der Waals surface area contributed by atoms with Crippen LogP contribution in [0.2, 0.25) is 0 Å². The van der Waals surface area contributed by atoms with E-state index >= 15 is 0 Å². The van der Waals surface area contributed by atoms with Crippen LogP contribution < -0.4 is 0 Å². The van der Waals surface area contributed by atoms with Gasteiger partial charge in [-0.1, -0.05) is 17.3 Å². The Bertz CT molecular complexity index is 607. The minimum Gasteiger partial charge on any atom is -0.390 e. The third-order valence-electron chi connectivity index (χ3n) is 3.88. The van der Waals surface area contributed by atoms with Crippen LogP contribution in [-0.4, -0.2) is 44.6 Å². The first-order chi connectivity index (χ1) is 10.3. The Labute approximate surface area is 123 Å². The summed E-state index contributed by atoms with van der Waals surface area (Å²) in [6.07, 6.45) is 2.49. The van der Waals surface area contributed by atoms with E-state index in [4.69, 9.17) is 0 Å². The number of rotatable bonds is 5. The van der Waals surface area contributed by atoms with Crippen molar-refractivity contribution >= 4 is 0 Å². The lowest BCUT2D eigenvalue weighted by Crippen LogP contribution is -2.24. The standard InChI is InChI=1S/C15H19FN4O/c16-13-5-3-4-12(10-13)15-14(11-21)17-18-20(15)9-8-19-6-1-2-7-19/h3-5,10,21H,1-2,6-9,11H2. The second-order valence-corrected chi connectivity index (χ2v) is 5.33. The summed E-state index contributed by atoms with van der Waals surface area (Å²) in [4.78, 5) is 2.38. The summed E-state index contributed by atoms with van der Waals surface area (Å²) in [7, 11) is 0. The van der Waals surface area contributed by atoms with Crippen molar-refractivity contribution in [1.82, 2.24) is 19.9 Å². The van der Waals surface area contributed by atoms with E-state index < -0.39 is 0 Å². The van der Waals surface area contributed by atoms with Crippen molar-refractivity contribution in [2.75, 3.05) is 19.6 Å². The summed E-state index contributed by atoms with van der Waals surface area (Å²) >= 11 is 0. The Morgan fingerprint density at radius 1 is 1.19 bits per heavy atom. The van der Waals surface area contributed by atoms with Gasteiger partial charge in [-0.3, -0.25) is 0 Å². The lowest BCUT2D eigenvalue weighted by atomic mass is 10.1. The van der Waals surface area contributed by atoms with Crippen molar-refractivity contribution in [1.29, 1.82) is 0 Å². The van der Waals surface area contributed by atoms with E-state index in [0.29, 0.717) is 23.5 Å². The molecule has 0 amide bonds. The van der Waals surface area contributed by atoms with Gasteiger partial charge in [0.1, 0.15) is 11.5 Å². The van der Waals surface area contributed by atoms with Crippen LogP contribution >= 0.6 is 0 Å². The highest BCUT2D eigenvalue weighted by atomic mass is 19.1. The van der Waals surface area contributed by atoms with Crippen LogP contribution in [0.1, 0.15) is 18.5 Å². The third-order valence-corrected chi connectivity index (χ3v) is 3.88. The Morgan fingerprint density at radius 2 is 2.00 bits per heavy atom. The molecule has 1 aliphatic heterocycles. The number of benzene rings is 1. The van der Waals surface area contributed by atoms with E-state index in [0.717, 1.165) is 19.6 Å². The molecule has 0 radical (unpaired) electrons. The van der Waals surface area contributed by atoms with E-state index in [2.05, 4.69) is 15.2 Å². The molecule has 0 unspecified atom stereocenters. The van der Waals surface area contributed by atoms with Crippen LogP contribution in [0.4, 0.5) is 4.39 Å². The van der Waals surface area contributed by atoms with Gasteiger partial charge in [0, 0.05) is 12.1 Å². The predicted molar refractivity (Wildman–Crippen MR) is 77.0 cm³/mol. The smallest absolute Gasteiger partial charge is 0.123 e. The fraction of sp³-hybridized carbons (Fsp3) is 0.467. The van der Waals surface area contributed by atoms with Gasteiger partial charge < -0.3 is 10.0 Å². The van der Waals surface area contributed by atoms with Gasteiger partial charge in [0.2, 0.25) is 0 Å². The fourth-order valence-electron chi connectivity index (χ4n) is 2.81. The zero-order valence-electron chi connectivity index (χ0n) is 11.9. The first-order valence-corrected chi connectivity index (χ1v) is 7.29. The third kappa shape index (κ3) is 3.11. The minimum atomic E-state index is -0.302. The number of hydrogen-bond acceptors (Lipinski definition) is 4. The Morgan fingerprint density at radius 3 is 2.71 bits per heavy atom. The van der Waals surface area contributed by atoms with Gasteiger partial charge in [-0.25, -0.2) is 9.07 Å². The molecule has 0 saturated carbocycles. The second kappa shape index (κ2) is 6.32. The summed E-state index contributed by atoms with van der Waals surface area (Å²) in [6.45, 7) is 3.64. The SMILES string of the molecule is OCc1nnn(CCN2CCCC2)c1-c1cccc(F)c1. The number of halogens is 1. The molecule has 21 heavy (non-hydrogen) atoms. The molecule has 1 fully saturated rings. The lowest BCUT2D eigenvalue weighted by molar-refractivity contribution is 0.277. The first-order valence-electron chi connectivity index (χ1n) is 7.29. The van der Waals surface area contributed by atoms with Crippen LogP contribution in [-0.2, 0) is 13.2 Å². The van der Waals surface area contributed by atoms with Crippen molar-refractivity contribution in [2.45, 2.75) is 26.0 Å². The molecule has 2 aromatic rings. The molecule has 112 valence electrons. The van der Waals surface area contributed by atoms with Gasteiger partial charge in [-0.05, 0) is 38.1 Å².